The maximum absolute atomic E-state index is 13.5. The van der Waals surface area contributed by atoms with Gasteiger partial charge in [0.25, 0.3) is 5.91 Å². The number of hydrogen-bond donors (Lipinski definition) is 0. The van der Waals surface area contributed by atoms with Crippen LogP contribution in [0.15, 0.2) is 30.5 Å². The van der Waals surface area contributed by atoms with Crippen molar-refractivity contribution in [1.82, 2.24) is 19.5 Å². The van der Waals surface area contributed by atoms with Crippen LogP contribution in [-0.4, -0.2) is 39.1 Å². The van der Waals surface area contributed by atoms with Gasteiger partial charge in [0.05, 0.1) is 35.1 Å². The molecular weight excluding hydrogens is 436 g/mol. The van der Waals surface area contributed by atoms with Crippen LogP contribution in [0.1, 0.15) is 84.7 Å². The Bertz CT molecular complexity index is 1190. The molecule has 2 aliphatic rings. The molecule has 2 fully saturated rings. The number of aromatic nitrogens is 3. The first-order chi connectivity index (χ1) is 16.0. The second-order valence-electron chi connectivity index (χ2n) is 9.63. The second kappa shape index (κ2) is 8.98. The van der Waals surface area contributed by atoms with E-state index in [1.54, 1.807) is 25.3 Å². The molecule has 0 bridgehead atoms. The first kappa shape index (κ1) is 22.2. The lowest BCUT2D eigenvalue weighted by Gasteiger charge is -2.35. The fraction of sp³-hybridized carbons (Fsp3) is 0.500. The predicted octanol–water partition coefficient (Wildman–Crippen LogP) is 5.97. The number of halogens is 1. The largest absolute Gasteiger partial charge is 0.495 e. The number of nitrogens with zero attached hydrogens (tertiary/aromatic N) is 4. The van der Waals surface area contributed by atoms with Gasteiger partial charge in [-0.2, -0.15) is 5.10 Å². The van der Waals surface area contributed by atoms with Crippen LogP contribution in [-0.2, 0) is 0 Å². The van der Waals surface area contributed by atoms with Gasteiger partial charge in [0, 0.05) is 24.7 Å². The van der Waals surface area contributed by atoms with E-state index in [0.717, 1.165) is 36.5 Å². The minimum absolute atomic E-state index is 0.0783. The summed E-state index contributed by atoms with van der Waals surface area (Å²) in [5, 5.41) is 5.22. The third kappa shape index (κ3) is 4.10. The Morgan fingerprint density at radius 2 is 2.06 bits per heavy atom. The van der Waals surface area contributed by atoms with Crippen molar-refractivity contribution in [2.24, 2.45) is 5.92 Å². The molecule has 1 saturated carbocycles. The van der Waals surface area contributed by atoms with Gasteiger partial charge in [-0.3, -0.25) is 4.79 Å². The minimum atomic E-state index is -0.0922. The molecule has 1 aliphatic carbocycles. The molecule has 3 heterocycles. The summed E-state index contributed by atoms with van der Waals surface area (Å²) >= 11 is 6.49. The third-order valence-corrected chi connectivity index (χ3v) is 7.68. The van der Waals surface area contributed by atoms with Gasteiger partial charge < -0.3 is 9.64 Å². The topological polar surface area (TPSA) is 59.7 Å². The van der Waals surface area contributed by atoms with Crippen LogP contribution in [0.2, 0.25) is 5.02 Å². The standard InChI is InChI=1S/C26H31ClN4O2/c1-16-10-11-18(13-16)25-17(2)15-31-23(28-25)14-20(29-31)21-8-4-5-12-30(21)26(32)19-7-6-9-22(33-3)24(19)27/h6-7,9,14-16,18,21H,4-5,8,10-13H2,1-3H3/t16-,18?,21-/m0/s1. The molecule has 0 spiro atoms. The highest BCUT2D eigenvalue weighted by Crippen LogP contribution is 2.39. The zero-order valence-electron chi connectivity index (χ0n) is 19.6. The Morgan fingerprint density at radius 1 is 1.21 bits per heavy atom. The molecule has 1 amide bonds. The number of methoxy groups -OCH3 is 1. The number of ether oxygens (including phenoxy) is 1. The summed E-state index contributed by atoms with van der Waals surface area (Å²) in [5.41, 5.74) is 4.63. The van der Waals surface area contributed by atoms with E-state index in [0.29, 0.717) is 28.8 Å². The van der Waals surface area contributed by atoms with Gasteiger partial charge in [0.15, 0.2) is 5.65 Å². The lowest BCUT2D eigenvalue weighted by molar-refractivity contribution is 0.0605. The highest BCUT2D eigenvalue weighted by Gasteiger charge is 2.32. The van der Waals surface area contributed by atoms with Gasteiger partial charge in [-0.25, -0.2) is 9.50 Å². The van der Waals surface area contributed by atoms with Crippen molar-refractivity contribution >= 4 is 23.2 Å². The Morgan fingerprint density at radius 3 is 2.82 bits per heavy atom. The number of carbonyl (C=O) groups excluding carboxylic acids is 1. The number of fused-ring (bicyclic) bond motifs is 1. The summed E-state index contributed by atoms with van der Waals surface area (Å²) in [6, 6.07) is 7.31. The van der Waals surface area contributed by atoms with Gasteiger partial charge in [0.2, 0.25) is 0 Å². The number of piperidine rings is 1. The van der Waals surface area contributed by atoms with E-state index in [9.17, 15) is 4.79 Å². The van der Waals surface area contributed by atoms with Gasteiger partial charge in [-0.15, -0.1) is 0 Å². The molecule has 174 valence electrons. The molecule has 0 radical (unpaired) electrons. The molecule has 5 rings (SSSR count). The van der Waals surface area contributed by atoms with Crippen molar-refractivity contribution in [1.29, 1.82) is 0 Å². The molecular formula is C26H31ClN4O2. The van der Waals surface area contributed by atoms with Crippen LogP contribution < -0.4 is 4.74 Å². The van der Waals surface area contributed by atoms with Crippen molar-refractivity contribution < 1.29 is 9.53 Å². The number of benzene rings is 1. The van der Waals surface area contributed by atoms with Gasteiger partial charge in [0.1, 0.15) is 5.75 Å². The van der Waals surface area contributed by atoms with Gasteiger partial charge in [-0.05, 0) is 62.6 Å². The fourth-order valence-corrected chi connectivity index (χ4v) is 5.83. The fourth-order valence-electron chi connectivity index (χ4n) is 5.54. The molecule has 33 heavy (non-hydrogen) atoms. The molecule has 1 aromatic carbocycles. The molecule has 1 unspecified atom stereocenters. The lowest BCUT2D eigenvalue weighted by Crippen LogP contribution is -2.38. The summed E-state index contributed by atoms with van der Waals surface area (Å²) in [4.78, 5) is 20.5. The number of rotatable bonds is 4. The van der Waals surface area contributed by atoms with Crippen LogP contribution in [0.5, 0.6) is 5.75 Å². The summed E-state index contributed by atoms with van der Waals surface area (Å²) in [6.45, 7) is 5.14. The average molecular weight is 467 g/mol. The van der Waals surface area contributed by atoms with E-state index in [2.05, 4.69) is 26.1 Å². The number of likely N-dealkylation sites (tertiary alicyclic amines) is 1. The molecule has 3 atom stereocenters. The van der Waals surface area contributed by atoms with Crippen molar-refractivity contribution in [3.63, 3.8) is 0 Å². The summed E-state index contributed by atoms with van der Waals surface area (Å²) < 4.78 is 7.20. The lowest BCUT2D eigenvalue weighted by atomic mass is 9.98. The Labute approximate surface area is 199 Å². The van der Waals surface area contributed by atoms with Crippen LogP contribution >= 0.6 is 11.6 Å². The zero-order chi connectivity index (χ0) is 23.1. The number of amides is 1. The molecule has 3 aromatic rings. The van der Waals surface area contributed by atoms with Crippen LogP contribution in [0.25, 0.3) is 5.65 Å². The van der Waals surface area contributed by atoms with Gasteiger partial charge >= 0.3 is 0 Å². The van der Waals surface area contributed by atoms with E-state index in [-0.39, 0.29) is 11.9 Å². The summed E-state index contributed by atoms with van der Waals surface area (Å²) in [6.07, 6.45) is 8.69. The van der Waals surface area contributed by atoms with E-state index in [1.165, 1.54) is 30.5 Å². The maximum atomic E-state index is 13.5. The second-order valence-corrected chi connectivity index (χ2v) is 10.0. The number of carbonyl (C=O) groups is 1. The average Bonchev–Trinajstić information content (AvgIpc) is 3.44. The molecule has 1 saturated heterocycles. The molecule has 1 aliphatic heterocycles. The first-order valence-corrected chi connectivity index (χ1v) is 12.3. The number of hydrogen-bond acceptors (Lipinski definition) is 4. The third-order valence-electron chi connectivity index (χ3n) is 7.29. The normalized spacial score (nSPS) is 23.3. The van der Waals surface area contributed by atoms with E-state index >= 15 is 0 Å². The summed E-state index contributed by atoms with van der Waals surface area (Å²) in [7, 11) is 1.56. The summed E-state index contributed by atoms with van der Waals surface area (Å²) in [5.74, 6) is 1.73. The SMILES string of the molecule is COc1cccc(C(=O)N2CCCC[C@H]2c2cc3nc(C4CC[C@H](C)C4)c(C)cn3n2)c1Cl. The van der Waals surface area contributed by atoms with Gasteiger partial charge in [-0.1, -0.05) is 31.0 Å². The van der Waals surface area contributed by atoms with Crippen molar-refractivity contribution in [2.75, 3.05) is 13.7 Å². The Hall–Kier alpha value is -2.60. The van der Waals surface area contributed by atoms with E-state index < -0.39 is 0 Å². The van der Waals surface area contributed by atoms with Crippen molar-refractivity contribution in [3.05, 3.63) is 58.0 Å². The number of aryl methyl sites for hydroxylation is 1. The molecule has 2 aromatic heterocycles. The van der Waals surface area contributed by atoms with Crippen molar-refractivity contribution in [3.8, 4) is 5.75 Å². The van der Waals surface area contributed by atoms with Crippen LogP contribution in [0, 0.1) is 12.8 Å². The van der Waals surface area contributed by atoms with Crippen LogP contribution in [0.3, 0.4) is 0 Å². The Balaban J connectivity index is 1.48. The van der Waals surface area contributed by atoms with Crippen LogP contribution in [0.4, 0.5) is 0 Å². The predicted molar refractivity (Wildman–Crippen MR) is 129 cm³/mol. The monoisotopic (exact) mass is 466 g/mol. The highest BCUT2D eigenvalue weighted by molar-refractivity contribution is 6.35. The first-order valence-electron chi connectivity index (χ1n) is 12.0. The molecule has 7 heteroatoms. The molecule has 6 nitrogen and oxygen atoms in total. The smallest absolute Gasteiger partial charge is 0.256 e. The maximum Gasteiger partial charge on any atom is 0.256 e. The minimum Gasteiger partial charge on any atom is -0.495 e. The van der Waals surface area contributed by atoms with Crippen molar-refractivity contribution in [2.45, 2.75) is 64.3 Å². The zero-order valence-corrected chi connectivity index (χ0v) is 20.3. The Kier molecular flexibility index (Phi) is 6.04. The quantitative estimate of drug-likeness (QED) is 0.475. The van der Waals surface area contributed by atoms with E-state index in [1.807, 2.05) is 9.42 Å². The van der Waals surface area contributed by atoms with E-state index in [4.69, 9.17) is 26.4 Å². The molecule has 0 N–H and O–H groups in total. The highest BCUT2D eigenvalue weighted by atomic mass is 35.5.